The number of benzene rings is 1. The number of carboxylic acid groups (broad SMARTS) is 1. The first kappa shape index (κ1) is 14.5. The van der Waals surface area contributed by atoms with Crippen molar-refractivity contribution in [3.8, 4) is 5.75 Å². The maximum atomic E-state index is 10.7. The van der Waals surface area contributed by atoms with Gasteiger partial charge in [0.2, 0.25) is 0 Å². The first-order valence-electron chi connectivity index (χ1n) is 6.13. The lowest BCUT2D eigenvalue weighted by Gasteiger charge is -2.21. The number of carboxylic acids is 1. The summed E-state index contributed by atoms with van der Waals surface area (Å²) in [6.45, 7) is 3.91. The highest BCUT2D eigenvalue weighted by molar-refractivity contribution is 5.67. The Morgan fingerprint density at radius 3 is 2.67 bits per heavy atom. The van der Waals surface area contributed by atoms with E-state index in [4.69, 9.17) is 15.6 Å². The fraction of sp³-hybridized carbons (Fsp3) is 0.500. The highest BCUT2D eigenvalue weighted by Crippen LogP contribution is 2.30. The zero-order valence-corrected chi connectivity index (χ0v) is 11.1. The Morgan fingerprint density at radius 2 is 2.17 bits per heavy atom. The molecule has 0 aliphatic carbocycles. The third-order valence-corrected chi connectivity index (χ3v) is 3.17. The van der Waals surface area contributed by atoms with Crippen molar-refractivity contribution in [3.05, 3.63) is 29.3 Å². The van der Waals surface area contributed by atoms with Crippen LogP contribution >= 0.6 is 0 Å². The van der Waals surface area contributed by atoms with Gasteiger partial charge < -0.3 is 15.6 Å². The number of hydrogen-bond donors (Lipinski definition) is 2. The Morgan fingerprint density at radius 1 is 1.50 bits per heavy atom. The minimum absolute atomic E-state index is 0.0562. The van der Waals surface area contributed by atoms with Gasteiger partial charge >= 0.3 is 5.97 Å². The number of ether oxygens (including phenoxy) is 1. The smallest absolute Gasteiger partial charge is 0.303 e. The molecule has 4 nitrogen and oxygen atoms in total. The molecule has 3 N–H and O–H groups in total. The van der Waals surface area contributed by atoms with E-state index in [0.29, 0.717) is 0 Å². The van der Waals surface area contributed by atoms with E-state index in [-0.39, 0.29) is 18.4 Å². The molecule has 0 radical (unpaired) electrons. The topological polar surface area (TPSA) is 72.5 Å². The summed E-state index contributed by atoms with van der Waals surface area (Å²) in [6.07, 6.45) is 0.970. The van der Waals surface area contributed by atoms with E-state index in [1.54, 1.807) is 7.11 Å². The second-order valence-electron chi connectivity index (χ2n) is 4.53. The van der Waals surface area contributed by atoms with Crippen molar-refractivity contribution in [1.29, 1.82) is 0 Å². The molecule has 0 fully saturated rings. The van der Waals surface area contributed by atoms with Gasteiger partial charge in [-0.3, -0.25) is 4.79 Å². The number of aryl methyl sites for hydroxylation is 1. The molecule has 4 heteroatoms. The number of hydrogen-bond acceptors (Lipinski definition) is 3. The summed E-state index contributed by atoms with van der Waals surface area (Å²) in [5, 5.41) is 8.82. The van der Waals surface area contributed by atoms with Crippen LogP contribution in [0.3, 0.4) is 0 Å². The molecule has 0 aliphatic rings. The molecule has 2 atom stereocenters. The Labute approximate surface area is 108 Å². The van der Waals surface area contributed by atoms with Crippen molar-refractivity contribution < 1.29 is 14.6 Å². The van der Waals surface area contributed by atoms with Crippen LogP contribution in [0.5, 0.6) is 5.75 Å². The molecule has 0 bridgehead atoms. The van der Waals surface area contributed by atoms with E-state index in [9.17, 15) is 4.79 Å². The van der Waals surface area contributed by atoms with Gasteiger partial charge in [0.25, 0.3) is 0 Å². The lowest BCUT2D eigenvalue weighted by atomic mass is 9.91. The van der Waals surface area contributed by atoms with Crippen LogP contribution < -0.4 is 10.5 Å². The average Bonchev–Trinajstić information content (AvgIpc) is 2.36. The first-order chi connectivity index (χ1) is 8.49. The summed E-state index contributed by atoms with van der Waals surface area (Å²) in [5.74, 6) is -0.246. The highest BCUT2D eigenvalue weighted by atomic mass is 16.5. The number of nitrogens with two attached hydrogens (primary N) is 1. The highest BCUT2D eigenvalue weighted by Gasteiger charge is 2.21. The van der Waals surface area contributed by atoms with Crippen LogP contribution in [0.15, 0.2) is 18.2 Å². The van der Waals surface area contributed by atoms with Crippen LogP contribution in [0.2, 0.25) is 0 Å². The minimum Gasteiger partial charge on any atom is -0.496 e. The van der Waals surface area contributed by atoms with Crippen molar-refractivity contribution in [2.75, 3.05) is 7.11 Å². The van der Waals surface area contributed by atoms with E-state index >= 15 is 0 Å². The molecular weight excluding hydrogens is 230 g/mol. The van der Waals surface area contributed by atoms with Crippen LogP contribution in [0.4, 0.5) is 0 Å². The summed E-state index contributed by atoms with van der Waals surface area (Å²) in [5.41, 5.74) is 8.19. The third kappa shape index (κ3) is 3.47. The standard InChI is InChI=1S/C14H21NO3/c1-4-10-5-6-12(18-3)11(8-10)14(15)9(2)7-13(16)17/h5-6,8-9,14H,4,7,15H2,1-3H3,(H,16,17). The zero-order chi connectivity index (χ0) is 13.7. The van der Waals surface area contributed by atoms with Crippen molar-refractivity contribution >= 4 is 5.97 Å². The fourth-order valence-corrected chi connectivity index (χ4v) is 1.97. The molecule has 0 heterocycles. The Bertz CT molecular complexity index is 418. The van der Waals surface area contributed by atoms with Gasteiger partial charge in [0, 0.05) is 18.0 Å². The summed E-state index contributed by atoms with van der Waals surface area (Å²) >= 11 is 0. The maximum absolute atomic E-state index is 10.7. The quantitative estimate of drug-likeness (QED) is 0.814. The molecule has 18 heavy (non-hydrogen) atoms. The first-order valence-corrected chi connectivity index (χ1v) is 6.13. The lowest BCUT2D eigenvalue weighted by molar-refractivity contribution is -0.138. The van der Waals surface area contributed by atoms with E-state index < -0.39 is 5.97 Å². The largest absolute Gasteiger partial charge is 0.496 e. The van der Waals surface area contributed by atoms with Gasteiger partial charge in [-0.25, -0.2) is 0 Å². The number of aliphatic carboxylic acids is 1. The third-order valence-electron chi connectivity index (χ3n) is 3.17. The molecule has 1 aromatic rings. The van der Waals surface area contributed by atoms with Crippen molar-refractivity contribution in [2.24, 2.45) is 11.7 Å². The number of methoxy groups -OCH3 is 1. The molecule has 0 amide bonds. The number of rotatable bonds is 6. The second-order valence-corrected chi connectivity index (χ2v) is 4.53. The molecule has 0 spiro atoms. The van der Waals surface area contributed by atoms with Crippen LogP contribution in [-0.4, -0.2) is 18.2 Å². The Balaban J connectivity index is 3.01. The lowest BCUT2D eigenvalue weighted by Crippen LogP contribution is -2.22. The summed E-state index contributed by atoms with van der Waals surface area (Å²) in [4.78, 5) is 10.7. The van der Waals surface area contributed by atoms with Gasteiger partial charge in [0.05, 0.1) is 7.11 Å². The molecule has 0 aromatic heterocycles. The zero-order valence-electron chi connectivity index (χ0n) is 11.1. The number of carbonyl (C=O) groups is 1. The van der Waals surface area contributed by atoms with Crippen molar-refractivity contribution in [2.45, 2.75) is 32.7 Å². The second kappa shape index (κ2) is 6.40. The maximum Gasteiger partial charge on any atom is 0.303 e. The SMILES string of the molecule is CCc1ccc(OC)c(C(N)C(C)CC(=O)O)c1. The molecule has 1 aromatic carbocycles. The predicted octanol–water partition coefficient (Wildman–Crippen LogP) is 2.37. The molecule has 0 saturated heterocycles. The normalized spacial score (nSPS) is 14.0. The van der Waals surface area contributed by atoms with Crippen LogP contribution in [0, 0.1) is 5.92 Å². The van der Waals surface area contributed by atoms with E-state index in [0.717, 1.165) is 17.7 Å². The van der Waals surface area contributed by atoms with Gasteiger partial charge in [-0.05, 0) is 24.0 Å². The molecular formula is C14H21NO3. The van der Waals surface area contributed by atoms with E-state index in [2.05, 4.69) is 6.92 Å². The Hall–Kier alpha value is -1.55. The van der Waals surface area contributed by atoms with E-state index in [1.165, 1.54) is 5.56 Å². The van der Waals surface area contributed by atoms with Gasteiger partial charge in [-0.1, -0.05) is 26.0 Å². The average molecular weight is 251 g/mol. The molecule has 0 aliphatic heterocycles. The van der Waals surface area contributed by atoms with Gasteiger partial charge in [-0.15, -0.1) is 0 Å². The summed E-state index contributed by atoms with van der Waals surface area (Å²) < 4.78 is 5.29. The molecule has 2 unspecified atom stereocenters. The van der Waals surface area contributed by atoms with Gasteiger partial charge in [0.1, 0.15) is 5.75 Å². The molecule has 1 rings (SSSR count). The Kier molecular flexibility index (Phi) is 5.16. The van der Waals surface area contributed by atoms with Crippen LogP contribution in [0.25, 0.3) is 0 Å². The summed E-state index contributed by atoms with van der Waals surface area (Å²) in [6, 6.07) is 5.56. The van der Waals surface area contributed by atoms with E-state index in [1.807, 2.05) is 25.1 Å². The van der Waals surface area contributed by atoms with Gasteiger partial charge in [-0.2, -0.15) is 0 Å². The molecule has 100 valence electrons. The predicted molar refractivity (Wildman–Crippen MR) is 70.7 cm³/mol. The molecule has 0 saturated carbocycles. The van der Waals surface area contributed by atoms with Gasteiger partial charge in [0.15, 0.2) is 0 Å². The van der Waals surface area contributed by atoms with Crippen LogP contribution in [0.1, 0.15) is 37.4 Å². The summed E-state index contributed by atoms with van der Waals surface area (Å²) in [7, 11) is 1.60. The monoisotopic (exact) mass is 251 g/mol. The van der Waals surface area contributed by atoms with Crippen molar-refractivity contribution in [1.82, 2.24) is 0 Å². The van der Waals surface area contributed by atoms with Crippen LogP contribution in [-0.2, 0) is 11.2 Å². The van der Waals surface area contributed by atoms with Crippen molar-refractivity contribution in [3.63, 3.8) is 0 Å². The minimum atomic E-state index is -0.830. The fourth-order valence-electron chi connectivity index (χ4n) is 1.97.